The van der Waals surface area contributed by atoms with Crippen molar-refractivity contribution in [2.24, 2.45) is 5.73 Å². The van der Waals surface area contributed by atoms with E-state index in [-0.39, 0.29) is 17.7 Å². The van der Waals surface area contributed by atoms with Crippen molar-refractivity contribution >= 4 is 11.5 Å². The second kappa shape index (κ2) is 6.52. The third-order valence-corrected chi connectivity index (χ3v) is 3.06. The van der Waals surface area contributed by atoms with Crippen molar-refractivity contribution in [2.45, 2.75) is 19.9 Å². The van der Waals surface area contributed by atoms with Crippen LogP contribution in [0.4, 0.5) is 10.1 Å². The molecule has 4 nitrogen and oxygen atoms in total. The number of anilines is 1. The van der Waals surface area contributed by atoms with Gasteiger partial charge in [-0.25, -0.2) is 4.39 Å². The zero-order chi connectivity index (χ0) is 14.6. The van der Waals surface area contributed by atoms with E-state index in [0.29, 0.717) is 5.56 Å². The standard InChI is InChI=1S/C14H23FN4/c1-5-19(10(2)9-18(3)4)13-7-6-11(15)8-12(13)14(16)17/h6-8,10H,5,9H2,1-4H3,(H3,16,17). The lowest BCUT2D eigenvalue weighted by Gasteiger charge is -2.33. The van der Waals surface area contributed by atoms with Crippen LogP contribution in [0, 0.1) is 11.2 Å². The van der Waals surface area contributed by atoms with Gasteiger partial charge in [0.1, 0.15) is 11.7 Å². The van der Waals surface area contributed by atoms with E-state index in [2.05, 4.69) is 16.7 Å². The summed E-state index contributed by atoms with van der Waals surface area (Å²) in [5.41, 5.74) is 6.82. The number of nitrogens with two attached hydrogens (primary N) is 1. The number of amidine groups is 1. The number of likely N-dealkylation sites (N-methyl/N-ethyl adjacent to an activating group) is 2. The third-order valence-electron chi connectivity index (χ3n) is 3.06. The molecule has 3 N–H and O–H groups in total. The molecule has 0 bridgehead atoms. The molecule has 0 saturated heterocycles. The van der Waals surface area contributed by atoms with Crippen LogP contribution in [0.25, 0.3) is 0 Å². The lowest BCUT2D eigenvalue weighted by molar-refractivity contribution is 0.373. The lowest BCUT2D eigenvalue weighted by Crippen LogP contribution is -2.41. The van der Waals surface area contributed by atoms with E-state index in [9.17, 15) is 4.39 Å². The number of nitrogens with one attached hydrogen (secondary N) is 1. The number of benzene rings is 1. The molecule has 1 aromatic carbocycles. The van der Waals surface area contributed by atoms with Crippen molar-refractivity contribution < 1.29 is 4.39 Å². The predicted octanol–water partition coefficient (Wildman–Crippen LogP) is 1.89. The van der Waals surface area contributed by atoms with E-state index in [1.54, 1.807) is 6.07 Å². The Morgan fingerprint density at radius 2 is 2.05 bits per heavy atom. The fourth-order valence-electron chi connectivity index (χ4n) is 2.32. The summed E-state index contributed by atoms with van der Waals surface area (Å²) in [7, 11) is 4.03. The zero-order valence-corrected chi connectivity index (χ0v) is 12.1. The highest BCUT2D eigenvalue weighted by molar-refractivity contribution is 6.00. The third kappa shape index (κ3) is 3.92. The minimum Gasteiger partial charge on any atom is -0.384 e. The van der Waals surface area contributed by atoms with Gasteiger partial charge in [0, 0.05) is 30.4 Å². The van der Waals surface area contributed by atoms with Crippen LogP contribution in [0.3, 0.4) is 0 Å². The first-order chi connectivity index (χ1) is 8.86. The monoisotopic (exact) mass is 266 g/mol. The van der Waals surface area contributed by atoms with Gasteiger partial charge in [0.2, 0.25) is 0 Å². The van der Waals surface area contributed by atoms with E-state index < -0.39 is 0 Å². The Hall–Kier alpha value is -1.62. The molecule has 106 valence electrons. The van der Waals surface area contributed by atoms with Gasteiger partial charge in [-0.05, 0) is 46.1 Å². The average Bonchev–Trinajstić information content (AvgIpc) is 2.30. The van der Waals surface area contributed by atoms with E-state index in [4.69, 9.17) is 11.1 Å². The number of nitrogens with zero attached hydrogens (tertiary/aromatic N) is 2. The van der Waals surface area contributed by atoms with Gasteiger partial charge in [0.05, 0.1) is 0 Å². The van der Waals surface area contributed by atoms with E-state index in [1.807, 2.05) is 21.0 Å². The Morgan fingerprint density at radius 3 is 2.53 bits per heavy atom. The normalized spacial score (nSPS) is 12.5. The summed E-state index contributed by atoms with van der Waals surface area (Å²) in [4.78, 5) is 4.24. The summed E-state index contributed by atoms with van der Waals surface area (Å²) in [5.74, 6) is -0.477. The maximum absolute atomic E-state index is 13.3. The van der Waals surface area contributed by atoms with Crippen molar-refractivity contribution in [1.29, 1.82) is 5.41 Å². The van der Waals surface area contributed by atoms with Crippen LogP contribution in [0.2, 0.25) is 0 Å². The molecule has 1 unspecified atom stereocenters. The lowest BCUT2D eigenvalue weighted by atomic mass is 10.1. The Morgan fingerprint density at radius 1 is 1.42 bits per heavy atom. The van der Waals surface area contributed by atoms with E-state index >= 15 is 0 Å². The second-order valence-corrected chi connectivity index (χ2v) is 4.97. The fraction of sp³-hybridized carbons (Fsp3) is 0.500. The minimum absolute atomic E-state index is 0.106. The molecule has 0 aliphatic heterocycles. The van der Waals surface area contributed by atoms with Crippen LogP contribution in [-0.4, -0.2) is 44.0 Å². The molecule has 0 fully saturated rings. The summed E-state index contributed by atoms with van der Waals surface area (Å²) in [6, 6.07) is 4.68. The van der Waals surface area contributed by atoms with Gasteiger partial charge in [-0.15, -0.1) is 0 Å². The smallest absolute Gasteiger partial charge is 0.125 e. The maximum Gasteiger partial charge on any atom is 0.125 e. The number of rotatable bonds is 6. The van der Waals surface area contributed by atoms with E-state index in [1.165, 1.54) is 12.1 Å². The molecular weight excluding hydrogens is 243 g/mol. The quantitative estimate of drug-likeness (QED) is 0.610. The molecule has 0 heterocycles. The summed E-state index contributed by atoms with van der Waals surface area (Å²) in [5, 5.41) is 7.60. The Kier molecular flexibility index (Phi) is 5.30. The molecule has 1 rings (SSSR count). The summed E-state index contributed by atoms with van der Waals surface area (Å²) >= 11 is 0. The summed E-state index contributed by atoms with van der Waals surface area (Å²) in [6.45, 7) is 5.81. The molecule has 0 saturated carbocycles. The molecule has 0 amide bonds. The van der Waals surface area contributed by atoms with Crippen LogP contribution in [0.1, 0.15) is 19.4 Å². The molecular formula is C14H23FN4. The number of halogens is 1. The molecule has 19 heavy (non-hydrogen) atoms. The maximum atomic E-state index is 13.3. The second-order valence-electron chi connectivity index (χ2n) is 4.97. The molecule has 1 atom stereocenters. The minimum atomic E-state index is -0.370. The molecule has 0 radical (unpaired) electrons. The van der Waals surface area contributed by atoms with Crippen LogP contribution in [0.5, 0.6) is 0 Å². The highest BCUT2D eigenvalue weighted by Crippen LogP contribution is 2.23. The first kappa shape index (κ1) is 15.4. The van der Waals surface area contributed by atoms with Crippen molar-refractivity contribution in [3.8, 4) is 0 Å². The number of nitrogen functional groups attached to an aromatic ring is 1. The first-order valence-electron chi connectivity index (χ1n) is 6.42. The van der Waals surface area contributed by atoms with Crippen molar-refractivity contribution in [2.75, 3.05) is 32.1 Å². The molecule has 1 aromatic rings. The van der Waals surface area contributed by atoms with Gasteiger partial charge in [-0.2, -0.15) is 0 Å². The van der Waals surface area contributed by atoms with Crippen LogP contribution < -0.4 is 10.6 Å². The number of hydrogen-bond donors (Lipinski definition) is 2. The highest BCUT2D eigenvalue weighted by atomic mass is 19.1. The Labute approximate surface area is 114 Å². The van der Waals surface area contributed by atoms with Gasteiger partial charge in [0.15, 0.2) is 0 Å². The number of hydrogen-bond acceptors (Lipinski definition) is 3. The molecule has 5 heteroatoms. The molecule has 0 aliphatic rings. The highest BCUT2D eigenvalue weighted by Gasteiger charge is 2.18. The summed E-state index contributed by atoms with van der Waals surface area (Å²) < 4.78 is 13.3. The van der Waals surface area contributed by atoms with Crippen LogP contribution >= 0.6 is 0 Å². The molecule has 0 spiro atoms. The topological polar surface area (TPSA) is 56.4 Å². The van der Waals surface area contributed by atoms with Crippen molar-refractivity contribution in [3.05, 3.63) is 29.6 Å². The fourth-order valence-corrected chi connectivity index (χ4v) is 2.32. The van der Waals surface area contributed by atoms with Crippen LogP contribution in [-0.2, 0) is 0 Å². The van der Waals surface area contributed by atoms with Crippen molar-refractivity contribution in [3.63, 3.8) is 0 Å². The van der Waals surface area contributed by atoms with E-state index in [0.717, 1.165) is 18.8 Å². The van der Waals surface area contributed by atoms with Gasteiger partial charge < -0.3 is 15.5 Å². The van der Waals surface area contributed by atoms with Gasteiger partial charge in [-0.3, -0.25) is 5.41 Å². The Balaban J connectivity index is 3.14. The van der Waals surface area contributed by atoms with Crippen LogP contribution in [0.15, 0.2) is 18.2 Å². The first-order valence-corrected chi connectivity index (χ1v) is 6.42. The zero-order valence-electron chi connectivity index (χ0n) is 12.1. The largest absolute Gasteiger partial charge is 0.384 e. The Bertz CT molecular complexity index is 445. The predicted molar refractivity (Wildman–Crippen MR) is 78.5 cm³/mol. The average molecular weight is 266 g/mol. The van der Waals surface area contributed by atoms with Gasteiger partial charge >= 0.3 is 0 Å². The van der Waals surface area contributed by atoms with Crippen molar-refractivity contribution in [1.82, 2.24) is 4.90 Å². The van der Waals surface area contributed by atoms with Gasteiger partial charge in [-0.1, -0.05) is 0 Å². The summed E-state index contributed by atoms with van der Waals surface area (Å²) in [6.07, 6.45) is 0. The molecule has 0 aromatic heterocycles. The molecule has 0 aliphatic carbocycles. The van der Waals surface area contributed by atoms with Gasteiger partial charge in [0.25, 0.3) is 0 Å². The SMILES string of the molecule is CCN(c1ccc(F)cc1C(=N)N)C(C)CN(C)C.